The summed E-state index contributed by atoms with van der Waals surface area (Å²) in [6, 6.07) is 8.30. The number of carbonyl (C=O) groups excluding carboxylic acids is 3. The number of nitrogens with one attached hydrogen (secondary N) is 2. The van der Waals surface area contributed by atoms with Crippen LogP contribution in [0, 0.1) is 17.8 Å². The maximum atomic E-state index is 14.0. The molecule has 36 heavy (non-hydrogen) atoms. The van der Waals surface area contributed by atoms with Gasteiger partial charge in [-0.25, -0.2) is 0 Å². The second-order valence-corrected chi connectivity index (χ2v) is 11.0. The molecule has 2 bridgehead atoms. The Hall–Kier alpha value is -2.45. The van der Waals surface area contributed by atoms with Crippen LogP contribution in [-0.2, 0) is 25.7 Å². The molecule has 1 aromatic rings. The molecule has 3 aliphatic heterocycles. The van der Waals surface area contributed by atoms with Gasteiger partial charge in [-0.3, -0.25) is 14.4 Å². The number of carbonyl (C=O) groups is 3. The standard InChI is InChI=1S/C28H41N3O5/c1-4-5-9-14-29-26(34)24-28-13-12-21(36-28)22(25(33)30-16-19-10-7-6-8-11-19)23(28)27(35)31(24)20(17-32)15-18(2)3/h6-8,10-11,18,20-24,32H,4-5,9,12-17H2,1-3H3,(H,29,34)(H,30,33)/t20-,21-,22+,23+,24?,28?/m1/s1. The van der Waals surface area contributed by atoms with Crippen LogP contribution in [0.5, 0.6) is 0 Å². The summed E-state index contributed by atoms with van der Waals surface area (Å²) in [5.41, 5.74) is -0.0546. The summed E-state index contributed by atoms with van der Waals surface area (Å²) in [6.45, 7) is 6.84. The molecule has 2 unspecified atom stereocenters. The Bertz CT molecular complexity index is 938. The number of rotatable bonds is 12. The molecule has 0 saturated carbocycles. The van der Waals surface area contributed by atoms with E-state index in [1.165, 1.54) is 0 Å². The van der Waals surface area contributed by atoms with E-state index in [0.717, 1.165) is 24.8 Å². The van der Waals surface area contributed by atoms with Gasteiger partial charge in [0.2, 0.25) is 17.7 Å². The average Bonchev–Trinajstić information content (AvgIpc) is 3.51. The molecule has 3 N–H and O–H groups in total. The van der Waals surface area contributed by atoms with Crippen molar-refractivity contribution in [1.82, 2.24) is 15.5 Å². The van der Waals surface area contributed by atoms with Crippen molar-refractivity contribution in [2.45, 2.75) is 89.6 Å². The molecule has 6 atom stereocenters. The molecule has 3 aliphatic rings. The molecule has 1 spiro atoms. The maximum Gasteiger partial charge on any atom is 0.245 e. The van der Waals surface area contributed by atoms with E-state index in [-0.39, 0.29) is 36.4 Å². The Balaban J connectivity index is 1.60. The maximum absolute atomic E-state index is 14.0. The first-order valence-corrected chi connectivity index (χ1v) is 13.5. The molecule has 0 aliphatic carbocycles. The molecule has 1 aromatic carbocycles. The van der Waals surface area contributed by atoms with Gasteiger partial charge in [0.1, 0.15) is 11.6 Å². The van der Waals surface area contributed by atoms with E-state index in [0.29, 0.717) is 32.4 Å². The highest BCUT2D eigenvalue weighted by Crippen LogP contribution is 2.58. The molecule has 3 saturated heterocycles. The van der Waals surface area contributed by atoms with Crippen molar-refractivity contribution >= 4 is 17.7 Å². The monoisotopic (exact) mass is 499 g/mol. The summed E-state index contributed by atoms with van der Waals surface area (Å²) in [7, 11) is 0. The molecule has 8 nitrogen and oxygen atoms in total. The van der Waals surface area contributed by atoms with Gasteiger partial charge < -0.3 is 25.4 Å². The first-order chi connectivity index (χ1) is 17.3. The molecule has 198 valence electrons. The summed E-state index contributed by atoms with van der Waals surface area (Å²) in [4.78, 5) is 42.6. The third kappa shape index (κ3) is 4.90. The van der Waals surface area contributed by atoms with Crippen LogP contribution < -0.4 is 10.6 Å². The molecule has 4 rings (SSSR count). The fourth-order valence-corrected chi connectivity index (χ4v) is 6.49. The summed E-state index contributed by atoms with van der Waals surface area (Å²) < 4.78 is 6.47. The van der Waals surface area contributed by atoms with Crippen LogP contribution >= 0.6 is 0 Å². The number of aliphatic hydroxyl groups excluding tert-OH is 1. The predicted octanol–water partition coefficient (Wildman–Crippen LogP) is 2.39. The molecule has 8 heteroatoms. The number of benzene rings is 1. The molecule has 0 aromatic heterocycles. The summed E-state index contributed by atoms with van der Waals surface area (Å²) in [5, 5.41) is 16.3. The zero-order chi connectivity index (χ0) is 25.9. The van der Waals surface area contributed by atoms with Crippen molar-refractivity contribution in [1.29, 1.82) is 0 Å². The second kappa shape index (κ2) is 11.3. The number of likely N-dealkylation sites (tertiary alicyclic amines) is 1. The van der Waals surface area contributed by atoms with Crippen LogP contribution in [-0.4, -0.2) is 64.7 Å². The summed E-state index contributed by atoms with van der Waals surface area (Å²) in [6.07, 6.45) is 4.29. The van der Waals surface area contributed by atoms with Gasteiger partial charge >= 0.3 is 0 Å². The third-order valence-electron chi connectivity index (χ3n) is 8.03. The van der Waals surface area contributed by atoms with Crippen molar-refractivity contribution < 1.29 is 24.2 Å². The van der Waals surface area contributed by atoms with E-state index in [1.54, 1.807) is 4.90 Å². The number of fused-ring (bicyclic) bond motifs is 1. The van der Waals surface area contributed by atoms with Gasteiger partial charge in [-0.15, -0.1) is 0 Å². The van der Waals surface area contributed by atoms with Crippen molar-refractivity contribution in [3.63, 3.8) is 0 Å². The summed E-state index contributed by atoms with van der Waals surface area (Å²) >= 11 is 0. The zero-order valence-electron chi connectivity index (χ0n) is 21.7. The van der Waals surface area contributed by atoms with Gasteiger partial charge in [-0.05, 0) is 37.2 Å². The number of amides is 3. The van der Waals surface area contributed by atoms with Gasteiger partial charge in [0.15, 0.2) is 0 Å². The van der Waals surface area contributed by atoms with E-state index in [9.17, 15) is 19.5 Å². The van der Waals surface area contributed by atoms with Crippen LogP contribution in [0.25, 0.3) is 0 Å². The largest absolute Gasteiger partial charge is 0.394 e. The van der Waals surface area contributed by atoms with Gasteiger partial charge in [-0.2, -0.15) is 0 Å². The molecule has 3 heterocycles. The fourth-order valence-electron chi connectivity index (χ4n) is 6.49. The predicted molar refractivity (Wildman–Crippen MR) is 136 cm³/mol. The Morgan fingerprint density at radius 1 is 1.17 bits per heavy atom. The van der Waals surface area contributed by atoms with Gasteiger partial charge in [-0.1, -0.05) is 63.9 Å². The third-order valence-corrected chi connectivity index (χ3v) is 8.03. The van der Waals surface area contributed by atoms with Crippen LogP contribution in [0.3, 0.4) is 0 Å². The van der Waals surface area contributed by atoms with Crippen LogP contribution in [0.1, 0.15) is 64.9 Å². The highest BCUT2D eigenvalue weighted by atomic mass is 16.5. The Kier molecular flexibility index (Phi) is 8.35. The van der Waals surface area contributed by atoms with E-state index >= 15 is 0 Å². The Labute approximate surface area is 214 Å². The minimum Gasteiger partial charge on any atom is -0.394 e. The van der Waals surface area contributed by atoms with E-state index in [2.05, 4.69) is 17.6 Å². The van der Waals surface area contributed by atoms with Gasteiger partial charge in [0.05, 0.1) is 30.6 Å². The van der Waals surface area contributed by atoms with Crippen LogP contribution in [0.4, 0.5) is 0 Å². The second-order valence-electron chi connectivity index (χ2n) is 11.0. The average molecular weight is 500 g/mol. The van der Waals surface area contributed by atoms with E-state index in [1.807, 2.05) is 44.2 Å². The number of nitrogens with zero attached hydrogens (tertiary/aromatic N) is 1. The van der Waals surface area contributed by atoms with Crippen LogP contribution in [0.15, 0.2) is 30.3 Å². The lowest BCUT2D eigenvalue weighted by molar-refractivity contribution is -0.146. The number of ether oxygens (including phenoxy) is 1. The first-order valence-electron chi connectivity index (χ1n) is 13.5. The Morgan fingerprint density at radius 3 is 2.58 bits per heavy atom. The normalized spacial score (nSPS) is 29.5. The molecule has 3 fully saturated rings. The summed E-state index contributed by atoms with van der Waals surface area (Å²) in [5.74, 6) is -1.84. The number of unbranched alkanes of at least 4 members (excludes halogenated alkanes) is 2. The van der Waals surface area contributed by atoms with Gasteiger partial charge in [0, 0.05) is 13.1 Å². The van der Waals surface area contributed by atoms with Crippen molar-refractivity contribution in [3.05, 3.63) is 35.9 Å². The molecule has 0 radical (unpaired) electrons. The van der Waals surface area contributed by atoms with E-state index < -0.39 is 29.5 Å². The smallest absolute Gasteiger partial charge is 0.245 e. The molecule has 3 amide bonds. The first kappa shape index (κ1) is 26.6. The van der Waals surface area contributed by atoms with Crippen molar-refractivity contribution in [2.75, 3.05) is 13.2 Å². The van der Waals surface area contributed by atoms with E-state index in [4.69, 9.17) is 4.74 Å². The van der Waals surface area contributed by atoms with Gasteiger partial charge in [0.25, 0.3) is 0 Å². The minimum atomic E-state index is -1.03. The highest BCUT2D eigenvalue weighted by molar-refractivity contribution is 5.99. The molecular formula is C28H41N3O5. The quantitative estimate of drug-likeness (QED) is 0.383. The van der Waals surface area contributed by atoms with Crippen molar-refractivity contribution in [2.24, 2.45) is 17.8 Å². The fraction of sp³-hybridized carbons (Fsp3) is 0.679. The van der Waals surface area contributed by atoms with Crippen LogP contribution in [0.2, 0.25) is 0 Å². The minimum absolute atomic E-state index is 0.211. The molecular weight excluding hydrogens is 458 g/mol. The lowest BCUT2D eigenvalue weighted by Crippen LogP contribution is -2.58. The highest BCUT2D eigenvalue weighted by Gasteiger charge is 2.75. The zero-order valence-corrected chi connectivity index (χ0v) is 21.7. The topological polar surface area (TPSA) is 108 Å². The number of hydrogen-bond donors (Lipinski definition) is 3. The lowest BCUT2D eigenvalue weighted by atomic mass is 9.70. The number of aliphatic hydroxyl groups is 1. The SMILES string of the molecule is CCCCCNC(=O)C1N([C@@H](CO)CC(C)C)C(=O)[C@@H]2[C@@H](C(=O)NCc3ccccc3)[C@H]3CCC12O3. The number of hydrogen-bond acceptors (Lipinski definition) is 5. The van der Waals surface area contributed by atoms with Crippen molar-refractivity contribution in [3.8, 4) is 0 Å². The Morgan fingerprint density at radius 2 is 1.92 bits per heavy atom. The lowest BCUT2D eigenvalue weighted by Gasteiger charge is -2.37.